The summed E-state index contributed by atoms with van der Waals surface area (Å²) in [7, 11) is 3.09. The molecule has 0 radical (unpaired) electrons. The summed E-state index contributed by atoms with van der Waals surface area (Å²) in [5.74, 6) is -0.851. The Morgan fingerprint density at radius 2 is 1.57 bits per heavy atom. The third-order valence-corrected chi connectivity index (χ3v) is 8.17. The molecule has 0 bridgehead atoms. The fourth-order valence-electron chi connectivity index (χ4n) is 5.73. The number of carbonyl (C=O) groups excluding carboxylic acids is 2. The summed E-state index contributed by atoms with van der Waals surface area (Å²) in [6, 6.07) is 13.9. The molecule has 3 aromatic carbocycles. The van der Waals surface area contributed by atoms with E-state index in [1.165, 1.54) is 6.07 Å². The van der Waals surface area contributed by atoms with Crippen LogP contribution in [-0.4, -0.2) is 54.1 Å². The molecule has 2 amide bonds. The topological polar surface area (TPSA) is 169 Å². The largest absolute Gasteiger partial charge is 0.493 e. The van der Waals surface area contributed by atoms with Gasteiger partial charge in [0, 0.05) is 30.1 Å². The number of aromatic carboxylic acids is 1. The van der Waals surface area contributed by atoms with Crippen LogP contribution in [-0.2, 0) is 23.4 Å². The summed E-state index contributed by atoms with van der Waals surface area (Å²) in [6.45, 7) is 5.76. The standard InChI is InChI=1S/C33H39N5O6/c1-19-13-24(30(35)39)14-20(2)26(19)17-27(34)31(40)38(18-22-9-10-28(43-4)29(15-22)44-5)21(3)33(36-11-12-37-33)25-8-6-7-23(16-25)32(41)42/h6-16,21,27,36-37H,17-18,34H2,1-5H3,(H2,35,39)(H,41,42). The Balaban J connectivity index is 1.76. The molecule has 7 N–H and O–H groups in total. The van der Waals surface area contributed by atoms with Gasteiger partial charge in [-0.15, -0.1) is 0 Å². The van der Waals surface area contributed by atoms with Gasteiger partial charge in [-0.1, -0.05) is 18.2 Å². The maximum Gasteiger partial charge on any atom is 0.335 e. The van der Waals surface area contributed by atoms with Gasteiger partial charge in [0.1, 0.15) is 0 Å². The molecule has 1 aliphatic rings. The minimum atomic E-state index is -1.06. The summed E-state index contributed by atoms with van der Waals surface area (Å²) >= 11 is 0. The molecule has 1 heterocycles. The summed E-state index contributed by atoms with van der Waals surface area (Å²) < 4.78 is 10.9. The number of hydrogen-bond donors (Lipinski definition) is 5. The number of nitrogens with one attached hydrogen (secondary N) is 2. The van der Waals surface area contributed by atoms with Crippen LogP contribution in [0, 0.1) is 13.8 Å². The molecule has 11 heteroatoms. The second-order valence-electron chi connectivity index (χ2n) is 10.9. The van der Waals surface area contributed by atoms with Crippen LogP contribution >= 0.6 is 0 Å². The van der Waals surface area contributed by atoms with Gasteiger partial charge in [-0.05, 0) is 85.8 Å². The molecule has 232 valence electrons. The van der Waals surface area contributed by atoms with Crippen molar-refractivity contribution in [2.75, 3.05) is 14.2 Å². The minimum absolute atomic E-state index is 0.115. The van der Waals surface area contributed by atoms with E-state index in [0.29, 0.717) is 22.6 Å². The molecule has 2 atom stereocenters. The van der Waals surface area contributed by atoms with E-state index < -0.39 is 29.6 Å². The first-order chi connectivity index (χ1) is 20.9. The molecule has 3 aromatic rings. The number of nitrogens with two attached hydrogens (primary N) is 2. The molecule has 11 nitrogen and oxygen atoms in total. The maximum atomic E-state index is 14.4. The van der Waals surface area contributed by atoms with E-state index in [1.807, 2.05) is 32.9 Å². The van der Waals surface area contributed by atoms with Crippen LogP contribution in [0.2, 0.25) is 0 Å². The first kappa shape index (κ1) is 31.9. The minimum Gasteiger partial charge on any atom is -0.493 e. The number of benzene rings is 3. The van der Waals surface area contributed by atoms with Crippen molar-refractivity contribution in [3.8, 4) is 11.5 Å². The van der Waals surface area contributed by atoms with Gasteiger partial charge in [-0.25, -0.2) is 4.79 Å². The van der Waals surface area contributed by atoms with E-state index in [0.717, 1.165) is 22.3 Å². The first-order valence-electron chi connectivity index (χ1n) is 14.1. The van der Waals surface area contributed by atoms with Gasteiger partial charge in [0.2, 0.25) is 11.8 Å². The van der Waals surface area contributed by atoms with Gasteiger partial charge >= 0.3 is 5.97 Å². The van der Waals surface area contributed by atoms with Crippen LogP contribution in [0.1, 0.15) is 55.5 Å². The molecule has 0 fully saturated rings. The van der Waals surface area contributed by atoms with Crippen molar-refractivity contribution < 1.29 is 29.0 Å². The Hall–Kier alpha value is -5.03. The van der Waals surface area contributed by atoms with Crippen LogP contribution in [0.3, 0.4) is 0 Å². The van der Waals surface area contributed by atoms with E-state index >= 15 is 0 Å². The molecule has 44 heavy (non-hydrogen) atoms. The average molecular weight is 602 g/mol. The molecule has 4 rings (SSSR count). The highest BCUT2D eigenvalue weighted by molar-refractivity contribution is 5.93. The van der Waals surface area contributed by atoms with Crippen molar-refractivity contribution in [2.45, 2.75) is 51.5 Å². The number of rotatable bonds is 12. The smallest absolute Gasteiger partial charge is 0.335 e. The number of ether oxygens (including phenoxy) is 2. The van der Waals surface area contributed by atoms with Gasteiger partial charge in [-0.2, -0.15) is 0 Å². The predicted molar refractivity (Wildman–Crippen MR) is 166 cm³/mol. The van der Waals surface area contributed by atoms with Gasteiger partial charge in [-0.3, -0.25) is 9.59 Å². The zero-order chi connectivity index (χ0) is 32.2. The Bertz CT molecular complexity index is 1570. The van der Waals surface area contributed by atoms with Gasteiger partial charge in [0.15, 0.2) is 17.2 Å². The van der Waals surface area contributed by atoms with Crippen molar-refractivity contribution in [1.29, 1.82) is 0 Å². The van der Waals surface area contributed by atoms with Crippen molar-refractivity contribution in [3.63, 3.8) is 0 Å². The second kappa shape index (κ2) is 13.1. The van der Waals surface area contributed by atoms with E-state index in [-0.39, 0.29) is 24.4 Å². The van der Waals surface area contributed by atoms with Crippen molar-refractivity contribution in [3.05, 3.63) is 106 Å². The third-order valence-electron chi connectivity index (χ3n) is 8.17. The SMILES string of the molecule is COc1ccc(CN(C(=O)C(N)Cc2c(C)cc(C(N)=O)cc2C)C(C)C2(c3cccc(C(=O)O)c3)NC=CN2)cc1OC. The first-order valence-corrected chi connectivity index (χ1v) is 14.1. The second-order valence-corrected chi connectivity index (χ2v) is 10.9. The molecule has 2 unspecified atom stereocenters. The molecule has 1 aliphatic heterocycles. The highest BCUT2D eigenvalue weighted by atomic mass is 16.5. The fraction of sp³-hybridized carbons (Fsp3) is 0.303. The van der Waals surface area contributed by atoms with Gasteiger partial charge in [0.05, 0.1) is 31.9 Å². The maximum absolute atomic E-state index is 14.4. The van der Waals surface area contributed by atoms with Crippen molar-refractivity contribution >= 4 is 17.8 Å². The van der Waals surface area contributed by atoms with Crippen molar-refractivity contribution in [1.82, 2.24) is 15.5 Å². The number of nitrogens with zero attached hydrogens (tertiary/aromatic N) is 1. The molecule has 0 aliphatic carbocycles. The Kier molecular flexibility index (Phi) is 9.49. The lowest BCUT2D eigenvalue weighted by molar-refractivity contribution is -0.137. The molecule has 0 aromatic heterocycles. The number of carboxylic acid groups (broad SMARTS) is 1. The van der Waals surface area contributed by atoms with E-state index in [9.17, 15) is 19.5 Å². The Morgan fingerprint density at radius 1 is 0.932 bits per heavy atom. The quantitative estimate of drug-likeness (QED) is 0.210. The number of hydrogen-bond acceptors (Lipinski definition) is 8. The lowest BCUT2D eigenvalue weighted by Crippen LogP contribution is -2.63. The fourth-order valence-corrected chi connectivity index (χ4v) is 5.73. The van der Waals surface area contributed by atoms with Crippen molar-refractivity contribution in [2.24, 2.45) is 11.5 Å². The zero-order valence-corrected chi connectivity index (χ0v) is 25.5. The Labute approximate surface area is 256 Å². The summed E-state index contributed by atoms with van der Waals surface area (Å²) in [5, 5.41) is 16.3. The monoisotopic (exact) mass is 601 g/mol. The molecular formula is C33H39N5O6. The molecule has 0 saturated carbocycles. The number of methoxy groups -OCH3 is 2. The lowest BCUT2D eigenvalue weighted by atomic mass is 9.89. The predicted octanol–water partition coefficient (Wildman–Crippen LogP) is 2.92. The summed E-state index contributed by atoms with van der Waals surface area (Å²) in [6.07, 6.45) is 3.66. The zero-order valence-electron chi connectivity index (χ0n) is 25.5. The number of carbonyl (C=O) groups is 3. The summed E-state index contributed by atoms with van der Waals surface area (Å²) in [5.41, 5.74) is 15.5. The number of primary amides is 1. The number of amides is 2. The average Bonchev–Trinajstić information content (AvgIpc) is 3.52. The summed E-state index contributed by atoms with van der Waals surface area (Å²) in [4.78, 5) is 39.7. The van der Waals surface area contributed by atoms with Crippen LogP contribution in [0.25, 0.3) is 0 Å². The lowest BCUT2D eigenvalue weighted by Gasteiger charge is -2.44. The molecule has 0 saturated heterocycles. The number of carboxylic acids is 1. The van der Waals surface area contributed by atoms with Crippen LogP contribution in [0.4, 0.5) is 0 Å². The highest BCUT2D eigenvalue weighted by Crippen LogP contribution is 2.33. The normalized spacial score (nSPS) is 14.6. The van der Waals surface area contributed by atoms with Crippen LogP contribution < -0.4 is 31.6 Å². The molecular weight excluding hydrogens is 562 g/mol. The van der Waals surface area contributed by atoms with E-state index in [4.69, 9.17) is 20.9 Å². The van der Waals surface area contributed by atoms with Gasteiger partial charge < -0.3 is 41.6 Å². The third kappa shape index (κ3) is 6.32. The Morgan fingerprint density at radius 3 is 2.14 bits per heavy atom. The van der Waals surface area contributed by atoms with E-state index in [1.54, 1.807) is 67.9 Å². The van der Waals surface area contributed by atoms with Crippen LogP contribution in [0.15, 0.2) is 67.0 Å². The van der Waals surface area contributed by atoms with E-state index in [2.05, 4.69) is 10.6 Å². The molecule has 0 spiro atoms. The number of aryl methyl sites for hydroxylation is 2. The van der Waals surface area contributed by atoms with Gasteiger partial charge in [0.25, 0.3) is 0 Å². The van der Waals surface area contributed by atoms with Crippen LogP contribution in [0.5, 0.6) is 11.5 Å². The highest BCUT2D eigenvalue weighted by Gasteiger charge is 2.44.